The minimum Gasteiger partial charge on any atom is -0.329 e. The predicted octanol–water partition coefficient (Wildman–Crippen LogP) is 3.19. The number of amides is 1. The van der Waals surface area contributed by atoms with Crippen LogP contribution in [0.3, 0.4) is 0 Å². The van der Waals surface area contributed by atoms with Crippen LogP contribution in [-0.2, 0) is 22.4 Å². The van der Waals surface area contributed by atoms with E-state index < -0.39 is 29.1 Å². The highest BCUT2D eigenvalue weighted by molar-refractivity contribution is 5.82. The van der Waals surface area contributed by atoms with E-state index >= 15 is 0 Å². The van der Waals surface area contributed by atoms with Gasteiger partial charge in [-0.3, -0.25) is 9.63 Å². The van der Waals surface area contributed by atoms with Crippen LogP contribution in [0.25, 0.3) is 11.4 Å². The molecule has 2 heterocycles. The second kappa shape index (κ2) is 5.80. The van der Waals surface area contributed by atoms with E-state index in [1.165, 1.54) is 12.1 Å². The predicted molar refractivity (Wildman–Crippen MR) is 75.0 cm³/mol. The summed E-state index contributed by atoms with van der Waals surface area (Å²) in [7, 11) is 0. The molecule has 0 bridgehead atoms. The monoisotopic (exact) mass is 359 g/mol. The van der Waals surface area contributed by atoms with Gasteiger partial charge in [0.2, 0.25) is 5.82 Å². The van der Waals surface area contributed by atoms with Crippen LogP contribution < -0.4 is 0 Å². The van der Waals surface area contributed by atoms with Gasteiger partial charge >= 0.3 is 12.1 Å². The molecule has 134 valence electrons. The first-order valence-corrected chi connectivity index (χ1v) is 7.22. The zero-order chi connectivity index (χ0) is 18.4. The molecule has 1 aliphatic heterocycles. The summed E-state index contributed by atoms with van der Waals surface area (Å²) >= 11 is 0. The first-order chi connectivity index (χ1) is 11.6. The third-order valence-corrected chi connectivity index (χ3v) is 3.66. The molecule has 1 aromatic carbocycles. The molecule has 0 unspecified atom stereocenters. The van der Waals surface area contributed by atoms with E-state index in [0.29, 0.717) is 5.56 Å². The van der Waals surface area contributed by atoms with Crippen LogP contribution in [0.15, 0.2) is 22.7 Å². The number of hydroxylamine groups is 2. The largest absolute Gasteiger partial charge is 0.471 e. The lowest BCUT2D eigenvalue weighted by molar-refractivity contribution is -0.165. The van der Waals surface area contributed by atoms with Crippen LogP contribution in [0.2, 0.25) is 0 Å². The average Bonchev–Trinajstić information content (AvgIpc) is 3.08. The molecular formula is C15H13F4N3O3. The number of nitrogens with zero attached hydrogens (tertiary/aromatic N) is 3. The van der Waals surface area contributed by atoms with Gasteiger partial charge in [0, 0.05) is 0 Å². The maximum Gasteiger partial charge on any atom is 0.471 e. The molecule has 6 nitrogen and oxygen atoms in total. The lowest BCUT2D eigenvalue weighted by Gasteiger charge is -2.16. The SMILES string of the molecule is CC1(C)CON(Cc2ccc(-c3noc(C(F)(F)F)n3)c(F)c2)C1=O. The second-order valence-corrected chi connectivity index (χ2v) is 6.23. The topological polar surface area (TPSA) is 68.5 Å². The van der Waals surface area contributed by atoms with Gasteiger partial charge in [-0.2, -0.15) is 18.2 Å². The third-order valence-electron chi connectivity index (χ3n) is 3.66. The molecule has 2 aromatic rings. The van der Waals surface area contributed by atoms with Crippen LogP contribution in [0.1, 0.15) is 25.3 Å². The van der Waals surface area contributed by atoms with E-state index in [0.717, 1.165) is 11.1 Å². The van der Waals surface area contributed by atoms with Gasteiger partial charge in [0.15, 0.2) is 0 Å². The molecule has 0 radical (unpaired) electrons. The van der Waals surface area contributed by atoms with Gasteiger partial charge < -0.3 is 4.52 Å². The Bertz CT molecular complexity index is 817. The lowest BCUT2D eigenvalue weighted by Crippen LogP contribution is -2.30. The molecular weight excluding hydrogens is 346 g/mol. The molecule has 10 heteroatoms. The van der Waals surface area contributed by atoms with E-state index in [2.05, 4.69) is 14.7 Å². The summed E-state index contributed by atoms with van der Waals surface area (Å²) < 4.78 is 55.7. The van der Waals surface area contributed by atoms with Crippen molar-refractivity contribution in [2.24, 2.45) is 5.41 Å². The van der Waals surface area contributed by atoms with Gasteiger partial charge in [0.25, 0.3) is 5.91 Å². The van der Waals surface area contributed by atoms with Crippen molar-refractivity contribution in [3.63, 3.8) is 0 Å². The van der Waals surface area contributed by atoms with E-state index in [1.807, 2.05) is 0 Å². The summed E-state index contributed by atoms with van der Waals surface area (Å²) in [5, 5.41) is 4.27. The Hall–Kier alpha value is -2.49. The van der Waals surface area contributed by atoms with Gasteiger partial charge in [0.05, 0.1) is 24.1 Å². The molecule has 1 aliphatic rings. The fourth-order valence-corrected chi connectivity index (χ4v) is 2.27. The molecule has 3 rings (SSSR count). The summed E-state index contributed by atoms with van der Waals surface area (Å²) in [5.41, 5.74) is -0.485. The number of hydrogen-bond acceptors (Lipinski definition) is 5. The van der Waals surface area contributed by atoms with Crippen LogP contribution in [0, 0.1) is 11.2 Å². The van der Waals surface area contributed by atoms with Crippen molar-refractivity contribution in [3.05, 3.63) is 35.5 Å². The normalized spacial score (nSPS) is 17.4. The average molecular weight is 359 g/mol. The van der Waals surface area contributed by atoms with Crippen LogP contribution in [0.4, 0.5) is 17.6 Å². The third kappa shape index (κ3) is 3.34. The van der Waals surface area contributed by atoms with Crippen molar-refractivity contribution >= 4 is 5.91 Å². The molecule has 1 amide bonds. The number of carbonyl (C=O) groups excluding carboxylic acids is 1. The van der Waals surface area contributed by atoms with Crippen molar-refractivity contribution in [1.29, 1.82) is 0 Å². The molecule has 1 aromatic heterocycles. The minimum absolute atomic E-state index is 0.0134. The first-order valence-electron chi connectivity index (χ1n) is 7.22. The Morgan fingerprint density at radius 2 is 2.04 bits per heavy atom. The molecule has 1 saturated heterocycles. The van der Waals surface area contributed by atoms with Crippen molar-refractivity contribution in [2.45, 2.75) is 26.6 Å². The zero-order valence-electron chi connectivity index (χ0n) is 13.2. The zero-order valence-corrected chi connectivity index (χ0v) is 13.2. The van der Waals surface area contributed by atoms with Crippen molar-refractivity contribution in [2.75, 3.05) is 6.61 Å². The quantitative estimate of drug-likeness (QED) is 0.788. The maximum atomic E-state index is 14.2. The highest BCUT2D eigenvalue weighted by Gasteiger charge is 2.40. The van der Waals surface area contributed by atoms with Gasteiger partial charge in [-0.05, 0) is 31.5 Å². The number of benzene rings is 1. The highest BCUT2D eigenvalue weighted by atomic mass is 19.4. The lowest BCUT2D eigenvalue weighted by atomic mass is 9.95. The summed E-state index contributed by atoms with van der Waals surface area (Å²) in [4.78, 5) is 20.5. The maximum absolute atomic E-state index is 14.2. The van der Waals surface area contributed by atoms with Gasteiger partial charge in [-0.15, -0.1) is 0 Å². The number of hydrogen-bond donors (Lipinski definition) is 0. The summed E-state index contributed by atoms with van der Waals surface area (Å²) in [5.74, 6) is -3.13. The number of rotatable bonds is 3. The summed E-state index contributed by atoms with van der Waals surface area (Å²) in [6.07, 6.45) is -4.80. The highest BCUT2D eigenvalue weighted by Crippen LogP contribution is 2.31. The summed E-state index contributed by atoms with van der Waals surface area (Å²) in [6.45, 7) is 3.69. The molecule has 1 fully saturated rings. The molecule has 0 saturated carbocycles. The van der Waals surface area contributed by atoms with Gasteiger partial charge in [-0.1, -0.05) is 11.2 Å². The van der Waals surface area contributed by atoms with Gasteiger partial charge in [-0.25, -0.2) is 9.45 Å². The van der Waals surface area contributed by atoms with Crippen molar-refractivity contribution in [3.8, 4) is 11.4 Å². The summed E-state index contributed by atoms with van der Waals surface area (Å²) in [6, 6.07) is 3.76. The number of alkyl halides is 3. The molecule has 25 heavy (non-hydrogen) atoms. The molecule has 0 atom stereocenters. The van der Waals surface area contributed by atoms with E-state index in [-0.39, 0.29) is 24.6 Å². The van der Waals surface area contributed by atoms with Crippen LogP contribution in [-0.4, -0.2) is 27.7 Å². The second-order valence-electron chi connectivity index (χ2n) is 6.23. The Morgan fingerprint density at radius 1 is 1.32 bits per heavy atom. The molecule has 0 N–H and O–H groups in total. The number of aromatic nitrogens is 2. The minimum atomic E-state index is -4.80. The number of carbonyl (C=O) groups is 1. The van der Waals surface area contributed by atoms with E-state index in [1.54, 1.807) is 13.8 Å². The van der Waals surface area contributed by atoms with Crippen LogP contribution >= 0.6 is 0 Å². The number of halogens is 4. The van der Waals surface area contributed by atoms with Crippen molar-refractivity contribution < 1.29 is 31.7 Å². The Kier molecular flexibility index (Phi) is 4.02. The van der Waals surface area contributed by atoms with E-state index in [4.69, 9.17) is 4.84 Å². The standard InChI is InChI=1S/C15H13F4N3O3/c1-14(2)7-24-22(13(14)23)6-8-3-4-9(10(16)5-8)11-20-12(25-21-11)15(17,18)19/h3-5H,6-7H2,1-2H3. The first kappa shape index (κ1) is 17.3. The fraction of sp³-hybridized carbons (Fsp3) is 0.400. The molecule has 0 spiro atoms. The van der Waals surface area contributed by atoms with Crippen LogP contribution in [0.5, 0.6) is 0 Å². The fourth-order valence-electron chi connectivity index (χ4n) is 2.27. The van der Waals surface area contributed by atoms with Crippen molar-refractivity contribution in [1.82, 2.24) is 15.2 Å². The van der Waals surface area contributed by atoms with E-state index in [9.17, 15) is 22.4 Å². The molecule has 0 aliphatic carbocycles. The Labute approximate surface area is 139 Å². The Balaban J connectivity index is 1.80. The smallest absolute Gasteiger partial charge is 0.329 e. The Morgan fingerprint density at radius 3 is 2.56 bits per heavy atom. The van der Waals surface area contributed by atoms with Gasteiger partial charge in [0.1, 0.15) is 5.82 Å².